The Kier molecular flexibility index (Phi) is 0.722. The lowest BCUT2D eigenvalue weighted by molar-refractivity contribution is -0.430. The highest BCUT2D eigenvalue weighted by Crippen LogP contribution is 2.79. The van der Waals surface area contributed by atoms with Crippen LogP contribution >= 0.6 is 0 Å². The molecular formula is C9H16N+. The van der Waals surface area contributed by atoms with Crippen molar-refractivity contribution in [3.05, 3.63) is 0 Å². The molecule has 0 amide bonds. The summed E-state index contributed by atoms with van der Waals surface area (Å²) in [6.45, 7) is 2.37. The average molecular weight is 138 g/mol. The molecule has 0 unspecified atom stereocenters. The Morgan fingerprint density at radius 1 is 1.60 bits per heavy atom. The molecule has 0 aromatic heterocycles. The van der Waals surface area contributed by atoms with Crippen LogP contribution in [0.3, 0.4) is 0 Å². The zero-order valence-electron chi connectivity index (χ0n) is 6.64. The van der Waals surface area contributed by atoms with Crippen LogP contribution in [0.2, 0.25) is 0 Å². The molecule has 4 fully saturated rings. The van der Waals surface area contributed by atoms with Crippen LogP contribution in [0.4, 0.5) is 0 Å². The fraction of sp³-hybridized carbons (Fsp3) is 1.00. The van der Waals surface area contributed by atoms with Crippen molar-refractivity contribution in [1.29, 1.82) is 0 Å². The van der Waals surface area contributed by atoms with Gasteiger partial charge in [0.15, 0.2) is 0 Å². The smallest absolute Gasteiger partial charge is 0.0909 e. The predicted molar refractivity (Wildman–Crippen MR) is 39.1 cm³/mol. The summed E-state index contributed by atoms with van der Waals surface area (Å²) in [6.07, 6.45) is 4.50. The summed E-state index contributed by atoms with van der Waals surface area (Å²) in [5.41, 5.74) is 5.12. The third-order valence-corrected chi connectivity index (χ3v) is 4.65. The molecule has 0 aromatic carbocycles. The van der Waals surface area contributed by atoms with Gasteiger partial charge in [-0.1, -0.05) is 6.92 Å². The molecule has 1 heteroatoms. The lowest BCUT2D eigenvalue weighted by Crippen LogP contribution is -2.63. The van der Waals surface area contributed by atoms with Crippen molar-refractivity contribution in [2.45, 2.75) is 32.2 Å². The molecule has 0 aromatic rings. The third-order valence-electron chi connectivity index (χ3n) is 4.65. The van der Waals surface area contributed by atoms with Gasteiger partial charge < -0.3 is 5.73 Å². The Balaban J connectivity index is 2.01. The van der Waals surface area contributed by atoms with Crippen molar-refractivity contribution >= 4 is 0 Å². The predicted octanol–water partition coefficient (Wildman–Crippen LogP) is 0.663. The number of hydrogen-bond donors (Lipinski definition) is 1. The minimum atomic E-state index is 0.844. The van der Waals surface area contributed by atoms with Crippen LogP contribution in [-0.4, -0.2) is 6.04 Å². The van der Waals surface area contributed by atoms with E-state index in [-0.39, 0.29) is 0 Å². The van der Waals surface area contributed by atoms with Crippen molar-refractivity contribution < 1.29 is 5.73 Å². The fourth-order valence-electron chi connectivity index (χ4n) is 4.17. The first-order chi connectivity index (χ1) is 4.79. The van der Waals surface area contributed by atoms with E-state index in [0.29, 0.717) is 0 Å². The first-order valence-corrected chi connectivity index (χ1v) is 4.62. The summed E-state index contributed by atoms with van der Waals surface area (Å²) in [6, 6.07) is 0.852. The Morgan fingerprint density at radius 3 is 2.60 bits per heavy atom. The quantitative estimate of drug-likeness (QED) is 0.551. The second kappa shape index (κ2) is 1.29. The van der Waals surface area contributed by atoms with Crippen LogP contribution in [0.5, 0.6) is 0 Å². The van der Waals surface area contributed by atoms with Gasteiger partial charge in [-0.05, 0) is 30.6 Å². The van der Waals surface area contributed by atoms with Crippen molar-refractivity contribution in [3.63, 3.8) is 0 Å². The molecule has 5 atom stereocenters. The van der Waals surface area contributed by atoms with Gasteiger partial charge >= 0.3 is 0 Å². The van der Waals surface area contributed by atoms with E-state index in [1.165, 1.54) is 19.3 Å². The molecule has 0 heterocycles. The molecule has 4 bridgehead atoms. The highest BCUT2D eigenvalue weighted by molar-refractivity contribution is 5.25. The van der Waals surface area contributed by atoms with Gasteiger partial charge in [-0.3, -0.25) is 0 Å². The van der Waals surface area contributed by atoms with E-state index in [2.05, 4.69) is 12.7 Å². The van der Waals surface area contributed by atoms with E-state index in [4.69, 9.17) is 0 Å². The SMILES string of the molecule is CC[C@@]12C[C@H]3C[C@@H]1[C@@H]2[C@@H]3[NH3+]. The highest BCUT2D eigenvalue weighted by Gasteiger charge is 2.78. The van der Waals surface area contributed by atoms with Crippen molar-refractivity contribution in [1.82, 2.24) is 0 Å². The van der Waals surface area contributed by atoms with Crippen LogP contribution < -0.4 is 5.73 Å². The van der Waals surface area contributed by atoms with Gasteiger partial charge in [0.05, 0.1) is 6.04 Å². The molecule has 10 heavy (non-hydrogen) atoms. The molecule has 3 N–H and O–H groups in total. The second-order valence-corrected chi connectivity index (χ2v) is 4.58. The normalized spacial score (nSPS) is 69.0. The lowest BCUT2D eigenvalue weighted by Gasteiger charge is -2.03. The van der Waals surface area contributed by atoms with Gasteiger partial charge in [-0.2, -0.15) is 0 Å². The van der Waals surface area contributed by atoms with E-state index in [1.54, 1.807) is 0 Å². The summed E-state index contributed by atoms with van der Waals surface area (Å²) in [7, 11) is 0. The first-order valence-electron chi connectivity index (χ1n) is 4.62. The topological polar surface area (TPSA) is 27.6 Å². The largest absolute Gasteiger partial charge is 0.355 e. The van der Waals surface area contributed by atoms with Crippen LogP contribution in [0.25, 0.3) is 0 Å². The monoisotopic (exact) mass is 138 g/mol. The zero-order valence-corrected chi connectivity index (χ0v) is 6.64. The summed E-state index contributed by atoms with van der Waals surface area (Å²) in [5, 5.41) is 0. The number of rotatable bonds is 1. The maximum Gasteiger partial charge on any atom is 0.0909 e. The van der Waals surface area contributed by atoms with Gasteiger partial charge in [0, 0.05) is 11.8 Å². The standard InChI is InChI=1S/C9H15N/c1-2-9-4-5-3-6(9)7(9)8(5)10/h5-8H,2-4,10H2,1H3/p+1/t5-,6-,7-,8-,9-/m1/s1. The molecule has 4 rings (SSSR count). The summed E-state index contributed by atoms with van der Waals surface area (Å²) in [5.74, 6) is 3.24. The minimum absolute atomic E-state index is 0.844. The Morgan fingerprint density at radius 2 is 2.40 bits per heavy atom. The van der Waals surface area contributed by atoms with Crippen molar-refractivity contribution in [2.24, 2.45) is 23.2 Å². The Hall–Kier alpha value is -0.0400. The maximum absolute atomic E-state index is 4.28. The zero-order chi connectivity index (χ0) is 6.93. The average Bonchev–Trinajstić information content (AvgIpc) is 2.36. The molecule has 0 radical (unpaired) electrons. The van der Waals surface area contributed by atoms with Gasteiger partial charge in [-0.15, -0.1) is 0 Å². The molecule has 4 aliphatic carbocycles. The maximum atomic E-state index is 4.28. The van der Waals surface area contributed by atoms with Crippen LogP contribution in [0, 0.1) is 23.2 Å². The molecule has 0 spiro atoms. The van der Waals surface area contributed by atoms with Crippen LogP contribution in [0.1, 0.15) is 26.2 Å². The van der Waals surface area contributed by atoms with E-state index in [1.807, 2.05) is 0 Å². The lowest BCUT2D eigenvalue weighted by atomic mass is 10.0. The van der Waals surface area contributed by atoms with Gasteiger partial charge in [0.2, 0.25) is 0 Å². The summed E-state index contributed by atoms with van der Waals surface area (Å²) < 4.78 is 0. The van der Waals surface area contributed by atoms with Crippen LogP contribution in [-0.2, 0) is 0 Å². The van der Waals surface area contributed by atoms with E-state index in [9.17, 15) is 0 Å². The minimum Gasteiger partial charge on any atom is -0.355 e. The number of quaternary nitrogens is 1. The van der Waals surface area contributed by atoms with E-state index >= 15 is 0 Å². The number of hydrogen-bond acceptors (Lipinski definition) is 0. The second-order valence-electron chi connectivity index (χ2n) is 4.58. The van der Waals surface area contributed by atoms with Gasteiger partial charge in [0.1, 0.15) is 0 Å². The first kappa shape index (κ1) is 5.59. The molecule has 0 aliphatic heterocycles. The Labute approximate surface area is 62.0 Å². The van der Waals surface area contributed by atoms with Gasteiger partial charge in [0.25, 0.3) is 0 Å². The van der Waals surface area contributed by atoms with Crippen molar-refractivity contribution in [3.8, 4) is 0 Å². The van der Waals surface area contributed by atoms with Crippen LogP contribution in [0.15, 0.2) is 0 Å². The molecule has 1 nitrogen and oxygen atoms in total. The van der Waals surface area contributed by atoms with E-state index in [0.717, 1.165) is 29.2 Å². The Bertz CT molecular complexity index is 189. The highest BCUT2D eigenvalue weighted by atomic mass is 14.9. The van der Waals surface area contributed by atoms with E-state index < -0.39 is 0 Å². The third kappa shape index (κ3) is 0.334. The fourth-order valence-corrected chi connectivity index (χ4v) is 4.17. The molecule has 4 aliphatic rings. The molecule has 56 valence electrons. The summed E-state index contributed by atoms with van der Waals surface area (Å²) >= 11 is 0. The van der Waals surface area contributed by atoms with Gasteiger partial charge in [-0.25, -0.2) is 0 Å². The molecular weight excluding hydrogens is 122 g/mol. The molecule has 4 saturated carbocycles. The molecule has 0 saturated heterocycles. The van der Waals surface area contributed by atoms with Crippen molar-refractivity contribution in [2.75, 3.05) is 0 Å². The summed E-state index contributed by atoms with van der Waals surface area (Å²) in [4.78, 5) is 0.